The zero-order valence-corrected chi connectivity index (χ0v) is 48.6. The molecule has 0 rings (SSSR count). The third-order valence-electron chi connectivity index (χ3n) is 13.1. The molecule has 0 amide bonds. The van der Waals surface area contributed by atoms with Crippen molar-refractivity contribution < 1.29 is 28.6 Å². The van der Waals surface area contributed by atoms with E-state index in [1.807, 2.05) is 41.5 Å². The molecule has 414 valence electrons. The van der Waals surface area contributed by atoms with Gasteiger partial charge in [-0.3, -0.25) is 14.4 Å². The number of carbonyl (C=O) groups excluding carboxylic acids is 3. The van der Waals surface area contributed by atoms with Crippen LogP contribution in [0.15, 0.2) is 0 Å². The first-order chi connectivity index (χ1) is 33.5. The van der Waals surface area contributed by atoms with Crippen LogP contribution in [0.3, 0.4) is 0 Å². The molecule has 0 aliphatic rings. The Balaban J connectivity index is -0.000000947. The van der Waals surface area contributed by atoms with Gasteiger partial charge in [0.15, 0.2) is 0 Å². The van der Waals surface area contributed by atoms with Gasteiger partial charge < -0.3 is 14.2 Å². The highest BCUT2D eigenvalue weighted by Gasteiger charge is 2.07. The van der Waals surface area contributed by atoms with Gasteiger partial charge in [-0.15, -0.1) is 0 Å². The third kappa shape index (κ3) is 73.1. The average molecular weight is 980 g/mol. The van der Waals surface area contributed by atoms with E-state index in [9.17, 15) is 14.4 Å². The van der Waals surface area contributed by atoms with Gasteiger partial charge in [0.25, 0.3) is 0 Å². The van der Waals surface area contributed by atoms with Crippen molar-refractivity contribution in [3.63, 3.8) is 0 Å². The van der Waals surface area contributed by atoms with Gasteiger partial charge in [-0.05, 0) is 60.8 Å². The zero-order valence-electron chi connectivity index (χ0n) is 48.6. The Morgan fingerprint density at radius 2 is 0.333 bits per heavy atom. The monoisotopic (exact) mass is 979 g/mol. The van der Waals surface area contributed by atoms with E-state index in [-0.39, 0.29) is 36.2 Å². The maximum absolute atomic E-state index is 11.4. The van der Waals surface area contributed by atoms with Crippen molar-refractivity contribution in [1.29, 1.82) is 0 Å². The molecule has 0 aromatic rings. The average Bonchev–Trinajstić information content (AvgIpc) is 3.30. The molecule has 6 heteroatoms. The molecule has 0 fully saturated rings. The molecule has 0 aromatic carbocycles. The van der Waals surface area contributed by atoms with Crippen molar-refractivity contribution in [2.45, 2.75) is 389 Å². The minimum Gasteiger partial charge on any atom is -0.463 e. The van der Waals surface area contributed by atoms with Gasteiger partial charge in [-0.1, -0.05) is 290 Å². The topological polar surface area (TPSA) is 78.9 Å². The summed E-state index contributed by atoms with van der Waals surface area (Å²) in [6, 6.07) is 0. The van der Waals surface area contributed by atoms with E-state index in [2.05, 4.69) is 20.8 Å². The smallest absolute Gasteiger partial charge is 0.306 e. The quantitative estimate of drug-likeness (QED) is 0.0343. The molecule has 0 N–H and O–H groups in total. The van der Waals surface area contributed by atoms with Crippen molar-refractivity contribution in [1.82, 2.24) is 0 Å². The summed E-state index contributed by atoms with van der Waals surface area (Å²) in [7, 11) is 0. The fraction of sp³-hybridized carbons (Fsp3) is 0.952. The fourth-order valence-corrected chi connectivity index (χ4v) is 8.89. The number of rotatable bonds is 51. The maximum Gasteiger partial charge on any atom is 0.306 e. The largest absolute Gasteiger partial charge is 0.463 e. The molecule has 0 atom stereocenters. The lowest BCUT2D eigenvalue weighted by Gasteiger charge is -2.07. The van der Waals surface area contributed by atoms with E-state index in [4.69, 9.17) is 14.2 Å². The first-order valence-electron chi connectivity index (χ1n) is 31.1. The fourth-order valence-electron chi connectivity index (χ4n) is 8.89. The van der Waals surface area contributed by atoms with Crippen LogP contribution in [-0.4, -0.2) is 36.2 Å². The molecule has 0 aliphatic heterocycles. The second-order valence-electron chi connectivity index (χ2n) is 21.7. The summed E-state index contributed by atoms with van der Waals surface area (Å²) < 4.78 is 15.4. The number of esters is 3. The first-order valence-corrected chi connectivity index (χ1v) is 31.1. The lowest BCUT2D eigenvalue weighted by Crippen LogP contribution is -2.10. The summed E-state index contributed by atoms with van der Waals surface area (Å²) in [6.07, 6.45) is 62.8. The lowest BCUT2D eigenvalue weighted by molar-refractivity contribution is -0.148. The first kappa shape index (κ1) is 71.7. The molecule has 0 unspecified atom stereocenters. The minimum absolute atomic E-state index is 0.0267. The molecule has 0 aromatic heterocycles. The maximum atomic E-state index is 11.4. The number of unbranched alkanes of at least 4 members (excludes halogenated alkanes) is 42. The van der Waals surface area contributed by atoms with Crippen LogP contribution in [0.2, 0.25) is 0 Å². The molecular formula is C63H126O6. The zero-order chi connectivity index (χ0) is 51.5. The molecule has 0 bridgehead atoms. The second-order valence-corrected chi connectivity index (χ2v) is 21.7. The van der Waals surface area contributed by atoms with Gasteiger partial charge in [0, 0.05) is 19.3 Å². The van der Waals surface area contributed by atoms with Gasteiger partial charge >= 0.3 is 17.9 Å². The Kier molecular flexibility index (Phi) is 64.9. The van der Waals surface area contributed by atoms with Gasteiger partial charge in [0.1, 0.15) is 0 Å². The molecule has 69 heavy (non-hydrogen) atoms. The summed E-state index contributed by atoms with van der Waals surface area (Å²) in [6.45, 7) is 18.3. The number of hydrogen-bond donors (Lipinski definition) is 0. The van der Waals surface area contributed by atoms with Gasteiger partial charge in [0.05, 0.1) is 18.3 Å². The molecule has 0 aliphatic carbocycles. The molecule has 0 heterocycles. The van der Waals surface area contributed by atoms with Crippen molar-refractivity contribution in [2.75, 3.05) is 0 Å². The minimum atomic E-state index is -0.0327. The molecule has 0 saturated heterocycles. The van der Waals surface area contributed by atoms with Crippen LogP contribution in [0.25, 0.3) is 0 Å². The van der Waals surface area contributed by atoms with Crippen LogP contribution in [-0.2, 0) is 28.6 Å². The molecule has 0 spiro atoms. The van der Waals surface area contributed by atoms with Crippen LogP contribution in [0.5, 0.6) is 0 Å². The Morgan fingerprint density at radius 1 is 0.217 bits per heavy atom. The normalized spacial score (nSPS) is 11.1. The third-order valence-corrected chi connectivity index (χ3v) is 13.1. The summed E-state index contributed by atoms with van der Waals surface area (Å²) >= 11 is 0. The van der Waals surface area contributed by atoms with Crippen molar-refractivity contribution in [2.24, 2.45) is 0 Å². The van der Waals surface area contributed by atoms with Gasteiger partial charge in [0.2, 0.25) is 0 Å². The summed E-state index contributed by atoms with van der Waals surface area (Å²) in [4.78, 5) is 34.1. The number of ether oxygens (including phenoxy) is 3. The van der Waals surface area contributed by atoms with E-state index in [1.54, 1.807) is 0 Å². The van der Waals surface area contributed by atoms with Crippen molar-refractivity contribution in [3.8, 4) is 0 Å². The van der Waals surface area contributed by atoms with E-state index in [0.29, 0.717) is 19.3 Å². The molecular weight excluding hydrogens is 853 g/mol. The highest BCUT2D eigenvalue weighted by atomic mass is 16.5. The van der Waals surface area contributed by atoms with Crippen molar-refractivity contribution >= 4 is 17.9 Å². The lowest BCUT2D eigenvalue weighted by atomic mass is 10.0. The van der Waals surface area contributed by atoms with E-state index < -0.39 is 0 Å². The molecule has 0 saturated carbocycles. The summed E-state index contributed by atoms with van der Waals surface area (Å²) in [5, 5.41) is 0. The highest BCUT2D eigenvalue weighted by molar-refractivity contribution is 5.70. The SMILES string of the molecule is CCCCCCCCCCCCCCCCCC(=O)OC(C)C.CCCCCCCCCCCCCCCCCC(=O)OC(C)C.CCCCCCCCCCCCCCCCCC(=O)OC(C)C. The Labute approximate surface area is 433 Å². The van der Waals surface area contributed by atoms with Crippen LogP contribution in [0.4, 0.5) is 0 Å². The predicted octanol–water partition coefficient (Wildman–Crippen LogP) is 21.6. The van der Waals surface area contributed by atoms with Crippen LogP contribution in [0.1, 0.15) is 371 Å². The molecule has 0 radical (unpaired) electrons. The Hall–Kier alpha value is -1.59. The van der Waals surface area contributed by atoms with Gasteiger partial charge in [-0.2, -0.15) is 0 Å². The highest BCUT2D eigenvalue weighted by Crippen LogP contribution is 2.17. The number of hydrogen-bond acceptors (Lipinski definition) is 6. The standard InChI is InChI=1S/3C21H42O2/c3*1-4-5-6-7-8-9-10-11-12-13-14-15-16-17-18-19-21(22)23-20(2)3/h3*20H,4-19H2,1-3H3. The van der Waals surface area contributed by atoms with E-state index in [1.165, 1.54) is 270 Å². The summed E-state index contributed by atoms with van der Waals surface area (Å²) in [5.41, 5.74) is 0. The summed E-state index contributed by atoms with van der Waals surface area (Å²) in [5.74, 6) is -0.0981. The van der Waals surface area contributed by atoms with Crippen LogP contribution >= 0.6 is 0 Å². The predicted molar refractivity (Wildman–Crippen MR) is 302 cm³/mol. The van der Waals surface area contributed by atoms with E-state index in [0.717, 1.165) is 19.3 Å². The number of carbonyl (C=O) groups is 3. The van der Waals surface area contributed by atoms with Gasteiger partial charge in [-0.25, -0.2) is 0 Å². The molecule has 6 nitrogen and oxygen atoms in total. The Bertz CT molecular complexity index is 868. The van der Waals surface area contributed by atoms with E-state index >= 15 is 0 Å². The van der Waals surface area contributed by atoms with Crippen molar-refractivity contribution in [3.05, 3.63) is 0 Å². The Morgan fingerprint density at radius 3 is 0.449 bits per heavy atom. The van der Waals surface area contributed by atoms with Crippen LogP contribution in [0, 0.1) is 0 Å². The second kappa shape index (κ2) is 62.5. The van der Waals surface area contributed by atoms with Crippen LogP contribution < -0.4 is 0 Å².